The molecule has 0 saturated carbocycles. The lowest BCUT2D eigenvalue weighted by atomic mass is 9.75. The molecule has 0 aliphatic carbocycles. The minimum absolute atomic E-state index is 0.0612. The second kappa shape index (κ2) is 7.26. The smallest absolute Gasteiger partial charge is 0.195 e. The van der Waals surface area contributed by atoms with Crippen LogP contribution in [0.25, 0.3) is 5.57 Å². The maximum Gasteiger partial charge on any atom is 0.195 e. The molecule has 3 nitrogen and oxygen atoms in total. The van der Waals surface area contributed by atoms with E-state index in [1.165, 1.54) is 11.1 Å². The summed E-state index contributed by atoms with van der Waals surface area (Å²) < 4.78 is 0. The van der Waals surface area contributed by atoms with E-state index in [4.69, 9.17) is 0 Å². The fraction of sp³-hybridized carbons (Fsp3) is 0.222. The first-order valence-electron chi connectivity index (χ1n) is 10.5. The van der Waals surface area contributed by atoms with Gasteiger partial charge in [0, 0.05) is 24.3 Å². The van der Waals surface area contributed by atoms with E-state index in [0.717, 1.165) is 22.4 Å². The van der Waals surface area contributed by atoms with E-state index in [9.17, 15) is 9.90 Å². The van der Waals surface area contributed by atoms with Crippen LogP contribution in [-0.4, -0.2) is 23.5 Å². The summed E-state index contributed by atoms with van der Waals surface area (Å²) in [6.45, 7) is 2.12. The van der Waals surface area contributed by atoms with Gasteiger partial charge in [0.2, 0.25) is 0 Å². The minimum Gasteiger partial charge on any atom is -0.396 e. The summed E-state index contributed by atoms with van der Waals surface area (Å²) in [4.78, 5) is 16.2. The number of rotatable bonds is 4. The number of para-hydroxylation sites is 1. The minimum atomic E-state index is -0.768. The van der Waals surface area contributed by atoms with Crippen molar-refractivity contribution in [2.45, 2.75) is 31.3 Å². The molecule has 3 aromatic rings. The number of aliphatic hydroxyl groups is 1. The third-order valence-corrected chi connectivity index (χ3v) is 6.52. The van der Waals surface area contributed by atoms with Gasteiger partial charge in [-0.05, 0) is 42.2 Å². The van der Waals surface area contributed by atoms with Crippen LogP contribution < -0.4 is 4.90 Å². The van der Waals surface area contributed by atoms with Crippen LogP contribution >= 0.6 is 0 Å². The molecule has 30 heavy (non-hydrogen) atoms. The molecule has 0 radical (unpaired) electrons. The Labute approximate surface area is 177 Å². The van der Waals surface area contributed by atoms with Crippen molar-refractivity contribution in [3.63, 3.8) is 0 Å². The summed E-state index contributed by atoms with van der Waals surface area (Å²) in [5.41, 5.74) is 5.47. The number of nitrogens with zero attached hydrogens (tertiary/aromatic N) is 1. The van der Waals surface area contributed by atoms with Crippen LogP contribution in [0.5, 0.6) is 0 Å². The van der Waals surface area contributed by atoms with Crippen molar-refractivity contribution >= 4 is 17.0 Å². The van der Waals surface area contributed by atoms with Gasteiger partial charge < -0.3 is 10.0 Å². The zero-order chi connectivity index (χ0) is 20.7. The van der Waals surface area contributed by atoms with Crippen LogP contribution in [0, 0.1) is 6.92 Å². The number of fused-ring (bicyclic) bond motifs is 3. The van der Waals surface area contributed by atoms with Crippen LogP contribution in [0.15, 0.2) is 84.9 Å². The van der Waals surface area contributed by atoms with Crippen LogP contribution in [0.3, 0.4) is 0 Å². The van der Waals surface area contributed by atoms with Gasteiger partial charge in [-0.15, -0.1) is 0 Å². The summed E-state index contributed by atoms with van der Waals surface area (Å²) >= 11 is 0. The van der Waals surface area contributed by atoms with Gasteiger partial charge in [-0.2, -0.15) is 0 Å². The van der Waals surface area contributed by atoms with Crippen molar-refractivity contribution in [1.82, 2.24) is 0 Å². The second-order valence-corrected chi connectivity index (χ2v) is 8.20. The van der Waals surface area contributed by atoms with Crippen molar-refractivity contribution < 1.29 is 9.90 Å². The van der Waals surface area contributed by atoms with Crippen molar-refractivity contribution in [2.75, 3.05) is 11.5 Å². The lowest BCUT2D eigenvalue weighted by molar-refractivity contribution is 0.0890. The summed E-state index contributed by atoms with van der Waals surface area (Å²) in [7, 11) is 0. The van der Waals surface area contributed by atoms with Crippen molar-refractivity contribution in [1.29, 1.82) is 0 Å². The summed E-state index contributed by atoms with van der Waals surface area (Å²) in [5.74, 6) is 0.147. The third kappa shape index (κ3) is 2.66. The first-order valence-corrected chi connectivity index (χ1v) is 10.5. The van der Waals surface area contributed by atoms with E-state index in [0.29, 0.717) is 12.8 Å². The second-order valence-electron chi connectivity index (χ2n) is 8.20. The van der Waals surface area contributed by atoms with E-state index in [1.807, 2.05) is 42.5 Å². The molecule has 2 aliphatic heterocycles. The monoisotopic (exact) mass is 395 g/mol. The molecule has 0 unspecified atom stereocenters. The summed E-state index contributed by atoms with van der Waals surface area (Å²) in [5, 5.41) is 9.97. The van der Waals surface area contributed by atoms with E-state index >= 15 is 0 Å². The van der Waals surface area contributed by atoms with Gasteiger partial charge in [-0.25, -0.2) is 0 Å². The predicted molar refractivity (Wildman–Crippen MR) is 121 cm³/mol. The predicted octanol–water partition coefficient (Wildman–Crippen LogP) is 5.13. The standard InChI is InChI=1S/C27H25NO2/c1-19-11-13-21(14-12-19)27-17-15-22(20-7-3-2-4-8-20)25(16-18-29)28(27)24-10-6-5-9-23(24)26(27)30/h2-15,25,29H,16-18H2,1H3/t25-,27-/m1/s1. The number of aryl methyl sites for hydroxylation is 1. The summed E-state index contributed by atoms with van der Waals surface area (Å²) in [6, 6.07) is 26.5. The maximum absolute atomic E-state index is 13.9. The SMILES string of the molecule is Cc1ccc([C@@]23CC=C(c4ccccc4)[C@@H](CCO)N2c2ccccc2C3=O)cc1. The van der Waals surface area contributed by atoms with Crippen LogP contribution in [0.1, 0.15) is 39.9 Å². The molecule has 1 N–H and O–H groups in total. The molecule has 0 amide bonds. The fourth-order valence-electron chi connectivity index (χ4n) is 5.14. The lowest BCUT2D eigenvalue weighted by Gasteiger charge is -2.48. The normalized spacial score (nSPS) is 22.5. The van der Waals surface area contributed by atoms with Gasteiger partial charge in [0.25, 0.3) is 0 Å². The summed E-state index contributed by atoms with van der Waals surface area (Å²) in [6.07, 6.45) is 3.39. The Balaban J connectivity index is 1.76. The Morgan fingerprint density at radius 1 is 0.967 bits per heavy atom. The molecule has 2 heterocycles. The largest absolute Gasteiger partial charge is 0.396 e. The zero-order valence-corrected chi connectivity index (χ0v) is 17.1. The van der Waals surface area contributed by atoms with Gasteiger partial charge in [0.05, 0.1) is 6.04 Å². The van der Waals surface area contributed by atoms with Gasteiger partial charge in [0.15, 0.2) is 5.78 Å². The number of Topliss-reactive ketones (excluding diaryl/α,β-unsaturated/α-hetero) is 1. The van der Waals surface area contributed by atoms with Gasteiger partial charge in [-0.3, -0.25) is 4.79 Å². The van der Waals surface area contributed by atoms with Crippen LogP contribution in [0.4, 0.5) is 5.69 Å². The fourth-order valence-corrected chi connectivity index (χ4v) is 5.14. The molecule has 3 heteroatoms. The molecular weight excluding hydrogens is 370 g/mol. The highest BCUT2D eigenvalue weighted by molar-refractivity contribution is 6.15. The first kappa shape index (κ1) is 18.8. The van der Waals surface area contributed by atoms with Gasteiger partial charge >= 0.3 is 0 Å². The molecule has 2 aliphatic rings. The Morgan fingerprint density at radius 3 is 2.40 bits per heavy atom. The Bertz CT molecular complexity index is 1120. The molecule has 0 bridgehead atoms. The molecule has 0 saturated heterocycles. The number of aliphatic hydroxyl groups excluding tert-OH is 1. The highest BCUT2D eigenvalue weighted by Gasteiger charge is 2.56. The number of ketones is 1. The third-order valence-electron chi connectivity index (χ3n) is 6.52. The van der Waals surface area contributed by atoms with Gasteiger partial charge in [0.1, 0.15) is 5.54 Å². The maximum atomic E-state index is 13.9. The number of anilines is 1. The Morgan fingerprint density at radius 2 is 1.67 bits per heavy atom. The quantitative estimate of drug-likeness (QED) is 0.666. The molecule has 3 aromatic carbocycles. The zero-order valence-electron chi connectivity index (χ0n) is 17.1. The average molecular weight is 396 g/mol. The first-order chi connectivity index (χ1) is 14.7. The highest BCUT2D eigenvalue weighted by atomic mass is 16.3. The van der Waals surface area contributed by atoms with Crippen molar-refractivity contribution in [2.24, 2.45) is 0 Å². The Hall–Kier alpha value is -3.17. The molecule has 5 rings (SSSR count). The Kier molecular flexibility index (Phi) is 4.56. The van der Waals surface area contributed by atoms with E-state index in [1.54, 1.807) is 0 Å². The van der Waals surface area contributed by atoms with Crippen molar-refractivity contribution in [3.8, 4) is 0 Å². The number of hydrogen-bond donors (Lipinski definition) is 1. The number of carbonyl (C=O) groups excluding carboxylic acids is 1. The lowest BCUT2D eigenvalue weighted by Crippen LogP contribution is -2.55. The number of benzene rings is 3. The van der Waals surface area contributed by atoms with E-state index in [2.05, 4.69) is 54.3 Å². The molecule has 0 aromatic heterocycles. The van der Waals surface area contributed by atoms with E-state index in [-0.39, 0.29) is 18.4 Å². The van der Waals surface area contributed by atoms with Crippen LogP contribution in [-0.2, 0) is 5.54 Å². The number of carbonyl (C=O) groups is 1. The van der Waals surface area contributed by atoms with Gasteiger partial charge in [-0.1, -0.05) is 78.4 Å². The molecule has 0 fully saturated rings. The average Bonchev–Trinajstić information content (AvgIpc) is 3.05. The molecule has 0 spiro atoms. The highest BCUT2D eigenvalue weighted by Crippen LogP contribution is 2.53. The van der Waals surface area contributed by atoms with Crippen LogP contribution in [0.2, 0.25) is 0 Å². The van der Waals surface area contributed by atoms with Crippen molar-refractivity contribution in [3.05, 3.63) is 107 Å². The number of hydrogen-bond acceptors (Lipinski definition) is 3. The molecule has 150 valence electrons. The topological polar surface area (TPSA) is 40.5 Å². The molecule has 2 atom stereocenters. The molecular formula is C27H25NO2. The van der Waals surface area contributed by atoms with E-state index < -0.39 is 5.54 Å².